The van der Waals surface area contributed by atoms with Crippen LogP contribution in [0.1, 0.15) is 52.6 Å². The Kier molecular flexibility index (Phi) is 6.87. The summed E-state index contributed by atoms with van der Waals surface area (Å²) in [6, 6.07) is 7.63. The molecule has 0 aliphatic rings. The average Bonchev–Trinajstić information content (AvgIpc) is 2.38. The highest BCUT2D eigenvalue weighted by Crippen LogP contribution is 2.30. The molecule has 0 fully saturated rings. The van der Waals surface area contributed by atoms with Gasteiger partial charge < -0.3 is 10.2 Å². The quantitative estimate of drug-likeness (QED) is 0.778. The highest BCUT2D eigenvalue weighted by Gasteiger charge is 2.13. The zero-order valence-electron chi connectivity index (χ0n) is 12.8. The summed E-state index contributed by atoms with van der Waals surface area (Å²) in [7, 11) is 0. The lowest BCUT2D eigenvalue weighted by molar-refractivity contribution is 0.570. The fourth-order valence-electron chi connectivity index (χ4n) is 2.32. The van der Waals surface area contributed by atoms with Crippen LogP contribution in [0, 0.1) is 0 Å². The second-order valence-electron chi connectivity index (χ2n) is 5.27. The van der Waals surface area contributed by atoms with Crippen LogP contribution in [0.15, 0.2) is 22.7 Å². The average molecular weight is 327 g/mol. The first-order valence-electron chi connectivity index (χ1n) is 7.30. The highest BCUT2D eigenvalue weighted by atomic mass is 79.9. The van der Waals surface area contributed by atoms with Crippen molar-refractivity contribution >= 4 is 21.6 Å². The second-order valence-corrected chi connectivity index (χ2v) is 6.12. The van der Waals surface area contributed by atoms with E-state index in [1.807, 2.05) is 0 Å². The Hall–Kier alpha value is -0.540. The zero-order valence-corrected chi connectivity index (χ0v) is 14.4. The molecule has 0 aliphatic heterocycles. The van der Waals surface area contributed by atoms with Crippen LogP contribution >= 0.6 is 15.9 Å². The molecular weight excluding hydrogens is 300 g/mol. The van der Waals surface area contributed by atoms with Crippen molar-refractivity contribution in [1.29, 1.82) is 0 Å². The Bertz CT molecular complexity index is 390. The van der Waals surface area contributed by atoms with Crippen LogP contribution in [-0.4, -0.2) is 19.1 Å². The summed E-state index contributed by atoms with van der Waals surface area (Å²) in [6.07, 6.45) is 1.17. The molecule has 0 saturated carbocycles. The molecular formula is C16H27BrN2. The third kappa shape index (κ3) is 4.50. The van der Waals surface area contributed by atoms with E-state index in [1.165, 1.54) is 22.1 Å². The number of nitrogens with zero attached hydrogens (tertiary/aromatic N) is 1. The van der Waals surface area contributed by atoms with Crippen LogP contribution in [0.2, 0.25) is 0 Å². The van der Waals surface area contributed by atoms with Crippen molar-refractivity contribution in [3.63, 3.8) is 0 Å². The monoisotopic (exact) mass is 326 g/mol. The van der Waals surface area contributed by atoms with Crippen LogP contribution in [0.4, 0.5) is 5.69 Å². The largest absolute Gasteiger partial charge is 0.368 e. The van der Waals surface area contributed by atoms with E-state index in [0.717, 1.165) is 13.1 Å². The smallest absolute Gasteiger partial charge is 0.0513 e. The van der Waals surface area contributed by atoms with Gasteiger partial charge >= 0.3 is 0 Å². The summed E-state index contributed by atoms with van der Waals surface area (Å²) in [5, 5.41) is 3.53. The Morgan fingerprint density at radius 2 is 1.89 bits per heavy atom. The van der Waals surface area contributed by atoms with Crippen molar-refractivity contribution in [3.05, 3.63) is 28.2 Å². The Morgan fingerprint density at radius 3 is 2.37 bits per heavy atom. The van der Waals surface area contributed by atoms with E-state index in [-0.39, 0.29) is 0 Å². The summed E-state index contributed by atoms with van der Waals surface area (Å²) in [6.45, 7) is 13.2. The highest BCUT2D eigenvalue weighted by molar-refractivity contribution is 9.10. The van der Waals surface area contributed by atoms with Crippen molar-refractivity contribution < 1.29 is 0 Å². The van der Waals surface area contributed by atoms with E-state index >= 15 is 0 Å². The molecule has 1 unspecified atom stereocenters. The maximum atomic E-state index is 3.72. The van der Waals surface area contributed by atoms with Crippen LogP contribution in [0.5, 0.6) is 0 Å². The zero-order chi connectivity index (χ0) is 14.4. The van der Waals surface area contributed by atoms with Gasteiger partial charge in [-0.05, 0) is 74.3 Å². The van der Waals surface area contributed by atoms with Crippen LogP contribution in [0.25, 0.3) is 0 Å². The predicted molar refractivity (Wildman–Crippen MR) is 89.0 cm³/mol. The maximum Gasteiger partial charge on any atom is 0.0513 e. The van der Waals surface area contributed by atoms with Crippen LogP contribution in [0.3, 0.4) is 0 Å². The van der Waals surface area contributed by atoms with Gasteiger partial charge in [0, 0.05) is 23.1 Å². The van der Waals surface area contributed by atoms with Gasteiger partial charge in [0.25, 0.3) is 0 Å². The molecule has 1 aromatic carbocycles. The van der Waals surface area contributed by atoms with Gasteiger partial charge in [0.15, 0.2) is 0 Å². The molecule has 0 amide bonds. The van der Waals surface area contributed by atoms with Crippen molar-refractivity contribution in [2.75, 3.05) is 18.0 Å². The minimum absolute atomic E-state index is 0.402. The van der Waals surface area contributed by atoms with Crippen LogP contribution < -0.4 is 10.2 Å². The molecule has 0 aromatic heterocycles. The number of hydrogen-bond acceptors (Lipinski definition) is 2. The van der Waals surface area contributed by atoms with E-state index in [0.29, 0.717) is 12.1 Å². The molecule has 0 spiro atoms. The lowest BCUT2D eigenvalue weighted by atomic mass is 10.1. The summed E-state index contributed by atoms with van der Waals surface area (Å²) in [4.78, 5) is 2.40. The SMILES string of the molecule is CCCNC(C)c1ccc(N(CC)C(C)C)c(Br)c1. The maximum absolute atomic E-state index is 3.72. The van der Waals surface area contributed by atoms with E-state index in [2.05, 4.69) is 79.0 Å². The molecule has 0 saturated heterocycles. The van der Waals surface area contributed by atoms with Gasteiger partial charge in [-0.15, -0.1) is 0 Å². The van der Waals surface area contributed by atoms with Crippen molar-refractivity contribution in [3.8, 4) is 0 Å². The minimum Gasteiger partial charge on any atom is -0.368 e. The Morgan fingerprint density at radius 1 is 1.21 bits per heavy atom. The van der Waals surface area contributed by atoms with Gasteiger partial charge in [-0.1, -0.05) is 13.0 Å². The summed E-state index contributed by atoms with van der Waals surface area (Å²) in [5.74, 6) is 0. The van der Waals surface area contributed by atoms with Crippen molar-refractivity contribution in [2.24, 2.45) is 0 Å². The van der Waals surface area contributed by atoms with Crippen molar-refractivity contribution in [2.45, 2.75) is 53.1 Å². The topological polar surface area (TPSA) is 15.3 Å². The Balaban J connectivity index is 2.90. The van der Waals surface area contributed by atoms with Gasteiger partial charge in [0.2, 0.25) is 0 Å². The fourth-order valence-corrected chi connectivity index (χ4v) is 2.94. The Labute approximate surface area is 126 Å². The standard InChI is InChI=1S/C16H27BrN2/c1-6-10-18-13(5)14-8-9-16(15(17)11-14)19(7-2)12(3)4/h8-9,11-13,18H,6-7,10H2,1-5H3. The molecule has 0 radical (unpaired) electrons. The van der Waals surface area contributed by atoms with E-state index in [9.17, 15) is 0 Å². The molecule has 1 aromatic rings. The summed E-state index contributed by atoms with van der Waals surface area (Å²) >= 11 is 3.72. The number of rotatable bonds is 7. The van der Waals surface area contributed by atoms with Gasteiger partial charge in [0.1, 0.15) is 0 Å². The van der Waals surface area contributed by atoms with Crippen LogP contribution in [-0.2, 0) is 0 Å². The number of nitrogens with one attached hydrogen (secondary N) is 1. The second kappa shape index (κ2) is 7.91. The molecule has 1 rings (SSSR count). The first kappa shape index (κ1) is 16.5. The number of benzene rings is 1. The van der Waals surface area contributed by atoms with Gasteiger partial charge in [-0.2, -0.15) is 0 Å². The molecule has 2 nitrogen and oxygen atoms in total. The number of hydrogen-bond donors (Lipinski definition) is 1. The molecule has 1 N–H and O–H groups in total. The molecule has 0 aliphatic carbocycles. The lowest BCUT2D eigenvalue weighted by Gasteiger charge is -2.29. The van der Waals surface area contributed by atoms with E-state index < -0.39 is 0 Å². The molecule has 3 heteroatoms. The minimum atomic E-state index is 0.402. The lowest BCUT2D eigenvalue weighted by Crippen LogP contribution is -2.30. The molecule has 0 heterocycles. The third-order valence-electron chi connectivity index (χ3n) is 3.45. The first-order chi connectivity index (χ1) is 9.01. The van der Waals surface area contributed by atoms with Gasteiger partial charge in [0.05, 0.1) is 5.69 Å². The third-order valence-corrected chi connectivity index (χ3v) is 4.08. The fraction of sp³-hybridized carbons (Fsp3) is 0.625. The molecule has 1 atom stereocenters. The van der Waals surface area contributed by atoms with E-state index in [1.54, 1.807) is 0 Å². The number of anilines is 1. The van der Waals surface area contributed by atoms with Crippen molar-refractivity contribution in [1.82, 2.24) is 5.32 Å². The van der Waals surface area contributed by atoms with Gasteiger partial charge in [-0.25, -0.2) is 0 Å². The predicted octanol–water partition coefficient (Wildman–Crippen LogP) is 4.74. The summed E-state index contributed by atoms with van der Waals surface area (Å²) in [5.41, 5.74) is 2.62. The molecule has 19 heavy (non-hydrogen) atoms. The van der Waals surface area contributed by atoms with Gasteiger partial charge in [-0.3, -0.25) is 0 Å². The number of halogens is 1. The first-order valence-corrected chi connectivity index (χ1v) is 8.10. The van der Waals surface area contributed by atoms with E-state index in [4.69, 9.17) is 0 Å². The molecule has 0 bridgehead atoms. The normalized spacial score (nSPS) is 12.8. The summed E-state index contributed by atoms with van der Waals surface area (Å²) < 4.78 is 1.19. The molecule has 108 valence electrons.